The van der Waals surface area contributed by atoms with Crippen LogP contribution in [0.1, 0.15) is 16.7 Å². The van der Waals surface area contributed by atoms with E-state index in [0.717, 1.165) is 16.7 Å². The summed E-state index contributed by atoms with van der Waals surface area (Å²) in [6.07, 6.45) is 5.14. The molecule has 0 spiro atoms. The Morgan fingerprint density at radius 3 is 2.80 bits per heavy atom. The van der Waals surface area contributed by atoms with E-state index in [2.05, 4.69) is 10.1 Å². The maximum absolute atomic E-state index is 11.8. The van der Waals surface area contributed by atoms with E-state index in [1.54, 1.807) is 17.0 Å². The summed E-state index contributed by atoms with van der Waals surface area (Å²) in [7, 11) is 1.82. The van der Waals surface area contributed by atoms with E-state index in [0.29, 0.717) is 5.90 Å². The normalized spacial score (nSPS) is 16.4. The zero-order chi connectivity index (χ0) is 14.1. The average molecular weight is 267 g/mol. The van der Waals surface area contributed by atoms with E-state index < -0.39 is 5.97 Å². The number of nitrogens with zero attached hydrogens (tertiary/aromatic N) is 3. The molecule has 3 rings (SSSR count). The first-order valence-corrected chi connectivity index (χ1v) is 6.21. The number of carbonyl (C=O) groups excluding carboxylic acids is 1. The fourth-order valence-corrected chi connectivity index (χ4v) is 2.01. The van der Waals surface area contributed by atoms with Crippen molar-refractivity contribution in [1.82, 2.24) is 9.78 Å². The Labute approximate surface area is 116 Å². The summed E-state index contributed by atoms with van der Waals surface area (Å²) < 4.78 is 6.90. The molecule has 1 aromatic heterocycles. The fraction of sp³-hybridized carbons (Fsp3) is 0.133. The number of cyclic esters (lactones) is 1. The predicted octanol–water partition coefficient (Wildman–Crippen LogP) is 2.07. The Hall–Kier alpha value is -2.69. The molecule has 5 nitrogen and oxygen atoms in total. The zero-order valence-electron chi connectivity index (χ0n) is 11.2. The number of carbonyl (C=O) groups is 1. The number of benzene rings is 1. The lowest BCUT2D eigenvalue weighted by Crippen LogP contribution is -2.06. The van der Waals surface area contributed by atoms with Gasteiger partial charge in [0.2, 0.25) is 5.90 Å². The Morgan fingerprint density at radius 2 is 2.10 bits per heavy atom. The van der Waals surface area contributed by atoms with Crippen molar-refractivity contribution in [1.29, 1.82) is 0 Å². The molecule has 0 saturated carbocycles. The molecule has 0 N–H and O–H groups in total. The van der Waals surface area contributed by atoms with Crippen molar-refractivity contribution in [2.75, 3.05) is 0 Å². The number of esters is 1. The van der Waals surface area contributed by atoms with E-state index in [1.165, 1.54) is 0 Å². The molecule has 1 aliphatic rings. The standard InChI is InChI=1S/C15H13N3O2/c1-10-5-3-4-6-12(10)14-17-13(15(19)20-14)7-11-8-16-18(2)9-11/h3-9H,1-2H3. The summed E-state index contributed by atoms with van der Waals surface area (Å²) in [4.78, 5) is 16.1. The van der Waals surface area contributed by atoms with Crippen LogP contribution in [0.4, 0.5) is 0 Å². The van der Waals surface area contributed by atoms with Gasteiger partial charge in [-0.25, -0.2) is 9.79 Å². The van der Waals surface area contributed by atoms with E-state index in [9.17, 15) is 4.79 Å². The number of rotatable bonds is 2. The molecule has 20 heavy (non-hydrogen) atoms. The van der Waals surface area contributed by atoms with Crippen LogP contribution in [0.15, 0.2) is 47.3 Å². The van der Waals surface area contributed by atoms with Gasteiger partial charge in [-0.3, -0.25) is 4.68 Å². The first-order chi connectivity index (χ1) is 9.63. The van der Waals surface area contributed by atoms with Crippen LogP contribution in [-0.2, 0) is 16.6 Å². The van der Waals surface area contributed by atoms with Crippen LogP contribution in [0.5, 0.6) is 0 Å². The second kappa shape index (κ2) is 4.77. The van der Waals surface area contributed by atoms with Crippen molar-refractivity contribution in [3.05, 3.63) is 59.0 Å². The molecule has 1 aromatic carbocycles. The van der Waals surface area contributed by atoms with Crippen molar-refractivity contribution in [3.63, 3.8) is 0 Å². The van der Waals surface area contributed by atoms with Gasteiger partial charge in [0.15, 0.2) is 5.70 Å². The largest absolute Gasteiger partial charge is 0.402 e. The Balaban J connectivity index is 1.97. The van der Waals surface area contributed by atoms with Gasteiger partial charge in [-0.2, -0.15) is 5.10 Å². The minimum atomic E-state index is -0.438. The SMILES string of the molecule is Cc1ccccc1C1=NC(=Cc2cnn(C)c2)C(=O)O1. The first kappa shape index (κ1) is 12.3. The van der Waals surface area contributed by atoms with Gasteiger partial charge in [0.1, 0.15) is 0 Å². The molecular formula is C15H13N3O2. The van der Waals surface area contributed by atoms with Crippen molar-refractivity contribution in [3.8, 4) is 0 Å². The summed E-state index contributed by atoms with van der Waals surface area (Å²) in [6, 6.07) is 7.66. The quantitative estimate of drug-likeness (QED) is 0.618. The summed E-state index contributed by atoms with van der Waals surface area (Å²) in [5, 5.41) is 4.05. The Bertz CT molecular complexity index is 741. The highest BCUT2D eigenvalue weighted by Gasteiger charge is 2.24. The number of hydrogen-bond acceptors (Lipinski definition) is 4. The molecule has 2 aromatic rings. The minimum absolute atomic E-state index is 0.288. The monoisotopic (exact) mass is 267 g/mol. The maximum atomic E-state index is 11.8. The van der Waals surface area contributed by atoms with Gasteiger partial charge in [-0.05, 0) is 24.6 Å². The number of ether oxygens (including phenoxy) is 1. The smallest absolute Gasteiger partial charge is 0.363 e. The zero-order valence-corrected chi connectivity index (χ0v) is 11.2. The van der Waals surface area contributed by atoms with Crippen LogP contribution < -0.4 is 0 Å². The summed E-state index contributed by atoms with van der Waals surface area (Å²) >= 11 is 0. The molecule has 2 heterocycles. The molecule has 1 aliphatic heterocycles. The number of aromatic nitrogens is 2. The molecule has 0 bridgehead atoms. The molecule has 100 valence electrons. The highest BCUT2D eigenvalue weighted by molar-refractivity contribution is 6.13. The number of aryl methyl sites for hydroxylation is 2. The third-order valence-corrected chi connectivity index (χ3v) is 3.02. The highest BCUT2D eigenvalue weighted by Crippen LogP contribution is 2.20. The van der Waals surface area contributed by atoms with Gasteiger partial charge in [0.05, 0.1) is 6.20 Å². The molecule has 0 aliphatic carbocycles. The van der Waals surface area contributed by atoms with E-state index in [1.807, 2.05) is 44.4 Å². The fourth-order valence-electron chi connectivity index (χ4n) is 2.01. The molecule has 0 fully saturated rings. The molecule has 0 amide bonds. The van der Waals surface area contributed by atoms with Gasteiger partial charge in [0, 0.05) is 24.4 Å². The van der Waals surface area contributed by atoms with E-state index in [4.69, 9.17) is 4.74 Å². The topological polar surface area (TPSA) is 56.5 Å². The average Bonchev–Trinajstić information content (AvgIpc) is 2.98. The lowest BCUT2D eigenvalue weighted by molar-refractivity contribution is -0.129. The van der Waals surface area contributed by atoms with E-state index >= 15 is 0 Å². The third-order valence-electron chi connectivity index (χ3n) is 3.02. The van der Waals surface area contributed by atoms with Gasteiger partial charge in [-0.15, -0.1) is 0 Å². The van der Waals surface area contributed by atoms with Crippen LogP contribution >= 0.6 is 0 Å². The van der Waals surface area contributed by atoms with Crippen LogP contribution in [0.2, 0.25) is 0 Å². The van der Waals surface area contributed by atoms with E-state index in [-0.39, 0.29) is 5.70 Å². The summed E-state index contributed by atoms with van der Waals surface area (Å²) in [5.74, 6) is -0.0876. The second-order valence-corrected chi connectivity index (χ2v) is 4.60. The molecule has 0 atom stereocenters. The van der Waals surface area contributed by atoms with Gasteiger partial charge in [-0.1, -0.05) is 18.2 Å². The summed E-state index contributed by atoms with van der Waals surface area (Å²) in [5.41, 5.74) is 2.95. The predicted molar refractivity (Wildman–Crippen MR) is 75.0 cm³/mol. The second-order valence-electron chi connectivity index (χ2n) is 4.60. The van der Waals surface area contributed by atoms with Crippen molar-refractivity contribution >= 4 is 17.9 Å². The van der Waals surface area contributed by atoms with Crippen LogP contribution in [0.3, 0.4) is 0 Å². The minimum Gasteiger partial charge on any atom is -0.402 e. The van der Waals surface area contributed by atoms with Crippen LogP contribution in [0.25, 0.3) is 6.08 Å². The van der Waals surface area contributed by atoms with Crippen molar-refractivity contribution in [2.45, 2.75) is 6.92 Å². The molecular weight excluding hydrogens is 254 g/mol. The van der Waals surface area contributed by atoms with Gasteiger partial charge >= 0.3 is 5.97 Å². The molecule has 0 unspecified atom stereocenters. The molecule has 5 heteroatoms. The van der Waals surface area contributed by atoms with Crippen molar-refractivity contribution in [2.24, 2.45) is 12.0 Å². The van der Waals surface area contributed by atoms with Gasteiger partial charge in [0.25, 0.3) is 0 Å². The van der Waals surface area contributed by atoms with Crippen LogP contribution in [-0.4, -0.2) is 21.6 Å². The van der Waals surface area contributed by atoms with Crippen molar-refractivity contribution < 1.29 is 9.53 Å². The number of aliphatic imine (C=N–C) groups is 1. The third kappa shape index (κ3) is 2.25. The van der Waals surface area contributed by atoms with Crippen LogP contribution in [0, 0.1) is 6.92 Å². The lowest BCUT2D eigenvalue weighted by Gasteiger charge is -2.02. The maximum Gasteiger partial charge on any atom is 0.363 e. The molecule has 0 radical (unpaired) electrons. The summed E-state index contributed by atoms with van der Waals surface area (Å²) in [6.45, 7) is 1.95. The highest BCUT2D eigenvalue weighted by atomic mass is 16.6. The lowest BCUT2D eigenvalue weighted by atomic mass is 10.1. The number of hydrogen-bond donors (Lipinski definition) is 0. The van der Waals surface area contributed by atoms with Gasteiger partial charge < -0.3 is 4.74 Å². The Morgan fingerprint density at radius 1 is 1.30 bits per heavy atom. The molecule has 0 saturated heterocycles. The Kier molecular flexibility index (Phi) is 2.95. The first-order valence-electron chi connectivity index (χ1n) is 6.21.